The number of hydrogen-bond donors (Lipinski definition) is 5. The minimum atomic E-state index is -1.62. The van der Waals surface area contributed by atoms with E-state index >= 15 is 0 Å². The Bertz CT molecular complexity index is 225. The normalized spacial score (nSPS) is 43.7. The minimum absolute atomic E-state index is 0.491. The van der Waals surface area contributed by atoms with Crippen LogP contribution in [0.2, 0.25) is 0 Å². The molecule has 0 saturated carbocycles. The zero-order valence-electron chi connectivity index (χ0n) is 8.15. The number of aliphatic hydroxyl groups excluding tert-OH is 4. The molecule has 1 saturated heterocycles. The second-order valence-corrected chi connectivity index (χ2v) is 3.41. The van der Waals surface area contributed by atoms with Crippen molar-refractivity contribution in [2.75, 3.05) is 7.05 Å². The lowest BCUT2D eigenvalue weighted by Crippen LogP contribution is -2.62. The van der Waals surface area contributed by atoms with Crippen molar-refractivity contribution >= 4 is 6.29 Å². The highest BCUT2D eigenvalue weighted by molar-refractivity contribution is 5.59. The van der Waals surface area contributed by atoms with E-state index in [4.69, 9.17) is 9.84 Å². The first kappa shape index (κ1) is 12.5. The maximum Gasteiger partial charge on any atom is 0.184 e. The Balaban J connectivity index is 2.77. The SMILES string of the molecule is CNC(C=O)C1OC(O)C(O)C(O)C1O. The Morgan fingerprint density at radius 1 is 1.20 bits per heavy atom. The molecule has 7 nitrogen and oxygen atoms in total. The summed E-state index contributed by atoms with van der Waals surface area (Å²) in [4.78, 5) is 10.6. The van der Waals surface area contributed by atoms with E-state index in [-0.39, 0.29) is 0 Å². The minimum Gasteiger partial charge on any atom is -0.388 e. The third kappa shape index (κ3) is 2.33. The number of carbonyl (C=O) groups is 1. The van der Waals surface area contributed by atoms with Gasteiger partial charge in [-0.3, -0.25) is 0 Å². The number of likely N-dealkylation sites (N-methyl/N-ethyl adjacent to an activating group) is 1. The first-order chi connectivity index (χ1) is 7.02. The number of ether oxygens (including phenoxy) is 1. The van der Waals surface area contributed by atoms with Crippen LogP contribution in [0.1, 0.15) is 0 Å². The molecule has 6 unspecified atom stereocenters. The lowest BCUT2D eigenvalue weighted by atomic mass is 9.95. The van der Waals surface area contributed by atoms with Crippen molar-refractivity contribution in [2.24, 2.45) is 0 Å². The van der Waals surface area contributed by atoms with E-state index in [2.05, 4.69) is 5.32 Å². The predicted octanol–water partition coefficient (Wildman–Crippen LogP) is -3.43. The number of aliphatic hydroxyl groups is 4. The molecule has 7 heteroatoms. The van der Waals surface area contributed by atoms with Gasteiger partial charge in [-0.1, -0.05) is 0 Å². The quantitative estimate of drug-likeness (QED) is 0.315. The van der Waals surface area contributed by atoms with Crippen LogP contribution in [0.15, 0.2) is 0 Å². The van der Waals surface area contributed by atoms with E-state index in [9.17, 15) is 20.1 Å². The van der Waals surface area contributed by atoms with E-state index in [0.717, 1.165) is 0 Å². The second-order valence-electron chi connectivity index (χ2n) is 3.41. The number of hydrogen-bond acceptors (Lipinski definition) is 7. The van der Waals surface area contributed by atoms with Crippen LogP contribution in [0.25, 0.3) is 0 Å². The zero-order chi connectivity index (χ0) is 11.6. The first-order valence-corrected chi connectivity index (χ1v) is 4.53. The standard InChI is InChI=1S/C8H15NO6/c1-9-3(2-10)7-5(12)4(11)6(13)8(14)15-7/h2-9,11-14H,1H3. The molecule has 1 aliphatic rings. The summed E-state index contributed by atoms with van der Waals surface area (Å²) in [7, 11) is 1.47. The fourth-order valence-electron chi connectivity index (χ4n) is 1.49. The van der Waals surface area contributed by atoms with Crippen molar-refractivity contribution in [2.45, 2.75) is 36.7 Å². The molecule has 6 atom stereocenters. The third-order valence-electron chi connectivity index (χ3n) is 2.46. The van der Waals surface area contributed by atoms with Crippen LogP contribution in [0, 0.1) is 0 Å². The number of aldehydes is 1. The fraction of sp³-hybridized carbons (Fsp3) is 0.875. The van der Waals surface area contributed by atoms with E-state index in [1.165, 1.54) is 7.05 Å². The Labute approximate surface area is 86.3 Å². The number of rotatable bonds is 3. The van der Waals surface area contributed by atoms with Crippen LogP contribution in [-0.2, 0) is 9.53 Å². The van der Waals surface area contributed by atoms with Gasteiger partial charge in [-0.05, 0) is 7.05 Å². The molecule has 5 N–H and O–H groups in total. The number of carbonyl (C=O) groups excluding carboxylic acids is 1. The largest absolute Gasteiger partial charge is 0.388 e. The molecule has 0 spiro atoms. The van der Waals surface area contributed by atoms with Gasteiger partial charge in [0.15, 0.2) is 6.29 Å². The Hall–Kier alpha value is -0.570. The van der Waals surface area contributed by atoms with Gasteiger partial charge in [0.1, 0.15) is 30.7 Å². The van der Waals surface area contributed by atoms with Gasteiger partial charge in [0, 0.05) is 0 Å². The highest BCUT2D eigenvalue weighted by Crippen LogP contribution is 2.21. The summed E-state index contributed by atoms with van der Waals surface area (Å²) in [6.07, 6.45) is -6.79. The van der Waals surface area contributed by atoms with Gasteiger partial charge in [0.2, 0.25) is 0 Å². The highest BCUT2D eigenvalue weighted by atomic mass is 16.6. The zero-order valence-corrected chi connectivity index (χ0v) is 8.15. The molecule has 1 fully saturated rings. The summed E-state index contributed by atoms with van der Waals surface area (Å²) in [5, 5.41) is 39.8. The van der Waals surface area contributed by atoms with Gasteiger partial charge >= 0.3 is 0 Å². The molecular weight excluding hydrogens is 206 g/mol. The van der Waals surface area contributed by atoms with Gasteiger partial charge in [-0.2, -0.15) is 0 Å². The molecule has 88 valence electrons. The molecule has 0 aliphatic carbocycles. The van der Waals surface area contributed by atoms with E-state index in [1.54, 1.807) is 0 Å². The molecule has 0 aromatic carbocycles. The molecule has 1 aliphatic heterocycles. The lowest BCUT2D eigenvalue weighted by molar-refractivity contribution is -0.284. The van der Waals surface area contributed by atoms with Gasteiger partial charge in [-0.25, -0.2) is 0 Å². The summed E-state index contributed by atoms with van der Waals surface area (Å²) >= 11 is 0. The van der Waals surface area contributed by atoms with Crippen LogP contribution in [0.5, 0.6) is 0 Å². The molecule has 0 radical (unpaired) electrons. The van der Waals surface area contributed by atoms with Gasteiger partial charge in [0.25, 0.3) is 0 Å². The molecule has 1 heterocycles. The topological polar surface area (TPSA) is 119 Å². The van der Waals surface area contributed by atoms with Gasteiger partial charge in [-0.15, -0.1) is 0 Å². The predicted molar refractivity (Wildman–Crippen MR) is 47.8 cm³/mol. The van der Waals surface area contributed by atoms with Crippen LogP contribution < -0.4 is 5.32 Å². The molecule has 0 bridgehead atoms. The van der Waals surface area contributed by atoms with E-state index in [1.807, 2.05) is 0 Å². The smallest absolute Gasteiger partial charge is 0.184 e. The molecule has 1 rings (SSSR count). The second kappa shape index (κ2) is 4.97. The molecule has 0 aromatic rings. The summed E-state index contributed by atoms with van der Waals surface area (Å²) in [6.45, 7) is 0. The molecule has 15 heavy (non-hydrogen) atoms. The molecule has 0 amide bonds. The van der Waals surface area contributed by atoms with Crippen LogP contribution in [0.3, 0.4) is 0 Å². The fourth-order valence-corrected chi connectivity index (χ4v) is 1.49. The van der Waals surface area contributed by atoms with Crippen LogP contribution in [0.4, 0.5) is 0 Å². The summed E-state index contributed by atoms with van der Waals surface area (Å²) in [5.74, 6) is 0. The third-order valence-corrected chi connectivity index (χ3v) is 2.46. The summed E-state index contributed by atoms with van der Waals surface area (Å²) in [5.41, 5.74) is 0. The monoisotopic (exact) mass is 221 g/mol. The van der Waals surface area contributed by atoms with Crippen molar-refractivity contribution in [1.82, 2.24) is 5.32 Å². The van der Waals surface area contributed by atoms with Crippen molar-refractivity contribution in [1.29, 1.82) is 0 Å². The Kier molecular flexibility index (Phi) is 4.14. The van der Waals surface area contributed by atoms with E-state index in [0.29, 0.717) is 6.29 Å². The summed E-state index contributed by atoms with van der Waals surface area (Å²) in [6, 6.07) is -0.864. The summed E-state index contributed by atoms with van der Waals surface area (Å²) < 4.78 is 4.83. The van der Waals surface area contributed by atoms with E-state index < -0.39 is 36.7 Å². The average Bonchev–Trinajstić information content (AvgIpc) is 2.24. The van der Waals surface area contributed by atoms with Crippen LogP contribution >= 0.6 is 0 Å². The maximum atomic E-state index is 10.6. The highest BCUT2D eigenvalue weighted by Gasteiger charge is 2.45. The van der Waals surface area contributed by atoms with Crippen molar-refractivity contribution in [3.05, 3.63) is 0 Å². The van der Waals surface area contributed by atoms with Crippen LogP contribution in [-0.4, -0.2) is 70.5 Å². The average molecular weight is 221 g/mol. The van der Waals surface area contributed by atoms with Crippen molar-refractivity contribution in [3.8, 4) is 0 Å². The number of nitrogens with one attached hydrogen (secondary N) is 1. The van der Waals surface area contributed by atoms with Gasteiger partial charge < -0.3 is 35.3 Å². The van der Waals surface area contributed by atoms with Crippen molar-refractivity contribution < 1.29 is 30.0 Å². The first-order valence-electron chi connectivity index (χ1n) is 4.53. The Morgan fingerprint density at radius 3 is 2.27 bits per heavy atom. The lowest BCUT2D eigenvalue weighted by Gasteiger charge is -2.40. The maximum absolute atomic E-state index is 10.6. The van der Waals surface area contributed by atoms with Crippen molar-refractivity contribution in [3.63, 3.8) is 0 Å². The Morgan fingerprint density at radius 2 is 1.80 bits per heavy atom. The molecular formula is C8H15NO6. The van der Waals surface area contributed by atoms with Gasteiger partial charge in [0.05, 0.1) is 6.04 Å². The molecule has 0 aromatic heterocycles.